The van der Waals surface area contributed by atoms with Crippen LogP contribution in [0.3, 0.4) is 0 Å². The molecule has 0 fully saturated rings. The van der Waals surface area contributed by atoms with E-state index in [2.05, 4.69) is 60.4 Å². The van der Waals surface area contributed by atoms with Gasteiger partial charge < -0.3 is 9.88 Å². The molecule has 1 N–H and O–H groups in total. The number of rotatable bonds is 4. The number of nitrogens with zero attached hydrogens (tertiary/aromatic N) is 2. The molecule has 3 nitrogen and oxygen atoms in total. The highest BCUT2D eigenvalue weighted by molar-refractivity contribution is 9.10. The molecular weight excluding hydrogens is 334 g/mol. The third kappa shape index (κ3) is 2.78. The molecule has 0 amide bonds. The van der Waals surface area contributed by atoms with E-state index in [4.69, 9.17) is 0 Å². The minimum absolute atomic E-state index is 0.0659. The third-order valence-corrected chi connectivity index (χ3v) is 4.57. The van der Waals surface area contributed by atoms with Crippen molar-refractivity contribution < 1.29 is 0 Å². The maximum Gasteiger partial charge on any atom is 0.136 e. The maximum atomic E-state index is 4.48. The van der Waals surface area contributed by atoms with Crippen LogP contribution in [0.4, 0.5) is 5.69 Å². The van der Waals surface area contributed by atoms with Crippen LogP contribution in [0.25, 0.3) is 0 Å². The molecule has 0 aliphatic rings. The van der Waals surface area contributed by atoms with Crippen molar-refractivity contribution in [1.29, 1.82) is 0 Å². The van der Waals surface area contributed by atoms with E-state index < -0.39 is 0 Å². The van der Waals surface area contributed by atoms with Gasteiger partial charge in [-0.15, -0.1) is 11.3 Å². The van der Waals surface area contributed by atoms with Crippen molar-refractivity contribution in [3.8, 4) is 0 Å². The first-order valence-electron chi connectivity index (χ1n) is 6.27. The highest BCUT2D eigenvalue weighted by Crippen LogP contribution is 2.29. The first kappa shape index (κ1) is 13.4. The number of nitrogens with one attached hydrogen (secondary N) is 1. The Kier molecular flexibility index (Phi) is 3.89. The summed E-state index contributed by atoms with van der Waals surface area (Å²) >= 11 is 5.19. The van der Waals surface area contributed by atoms with Gasteiger partial charge in [0, 0.05) is 34.5 Å². The van der Waals surface area contributed by atoms with Gasteiger partial charge in [-0.1, -0.05) is 22.0 Å². The Bertz CT molecular complexity index is 673. The van der Waals surface area contributed by atoms with E-state index in [1.54, 1.807) is 11.3 Å². The van der Waals surface area contributed by atoms with Crippen LogP contribution in [0.1, 0.15) is 16.7 Å². The fourth-order valence-corrected chi connectivity index (χ4v) is 3.12. The Morgan fingerprint density at radius 3 is 2.65 bits per heavy atom. The second-order valence-corrected chi connectivity index (χ2v) is 6.39. The molecule has 3 aromatic rings. The van der Waals surface area contributed by atoms with Crippen LogP contribution in [-0.4, -0.2) is 9.55 Å². The molecule has 0 aliphatic heterocycles. The number of benzene rings is 1. The summed E-state index contributed by atoms with van der Waals surface area (Å²) in [6.07, 6.45) is 3.80. The Morgan fingerprint density at radius 1 is 1.25 bits per heavy atom. The van der Waals surface area contributed by atoms with Crippen LogP contribution in [0.15, 0.2) is 58.6 Å². The van der Waals surface area contributed by atoms with Gasteiger partial charge in [-0.3, -0.25) is 0 Å². The minimum atomic E-state index is 0.0659. The molecule has 102 valence electrons. The van der Waals surface area contributed by atoms with Crippen LogP contribution in [0.2, 0.25) is 0 Å². The fraction of sp³-hybridized carbons (Fsp3) is 0.133. The van der Waals surface area contributed by atoms with Crippen molar-refractivity contribution >= 4 is 33.0 Å². The van der Waals surface area contributed by atoms with E-state index >= 15 is 0 Å². The summed E-state index contributed by atoms with van der Waals surface area (Å²) in [6.45, 7) is 0. The van der Waals surface area contributed by atoms with E-state index in [0.717, 1.165) is 16.0 Å². The van der Waals surface area contributed by atoms with Crippen molar-refractivity contribution in [1.82, 2.24) is 9.55 Å². The molecule has 0 bridgehead atoms. The second-order valence-electron chi connectivity index (χ2n) is 4.50. The largest absolute Gasteiger partial charge is 0.371 e. The summed E-state index contributed by atoms with van der Waals surface area (Å²) in [4.78, 5) is 5.74. The lowest BCUT2D eigenvalue weighted by atomic mass is 10.2. The van der Waals surface area contributed by atoms with Crippen LogP contribution in [0.5, 0.6) is 0 Å². The van der Waals surface area contributed by atoms with E-state index in [1.807, 2.05) is 31.6 Å². The summed E-state index contributed by atoms with van der Waals surface area (Å²) in [5.41, 5.74) is 1.08. The molecule has 1 unspecified atom stereocenters. The number of hydrogen-bond acceptors (Lipinski definition) is 3. The van der Waals surface area contributed by atoms with Crippen LogP contribution in [0, 0.1) is 0 Å². The monoisotopic (exact) mass is 347 g/mol. The molecule has 0 saturated heterocycles. The van der Waals surface area contributed by atoms with Crippen LogP contribution >= 0.6 is 27.3 Å². The molecule has 5 heteroatoms. The van der Waals surface area contributed by atoms with E-state index in [9.17, 15) is 0 Å². The summed E-state index contributed by atoms with van der Waals surface area (Å²) < 4.78 is 3.13. The van der Waals surface area contributed by atoms with Gasteiger partial charge in [0.15, 0.2) is 0 Å². The van der Waals surface area contributed by atoms with Gasteiger partial charge in [0.2, 0.25) is 0 Å². The number of imidazole rings is 1. The lowest BCUT2D eigenvalue weighted by Gasteiger charge is -2.18. The van der Waals surface area contributed by atoms with Gasteiger partial charge >= 0.3 is 0 Å². The van der Waals surface area contributed by atoms with E-state index in [0.29, 0.717) is 0 Å². The number of halogens is 1. The predicted molar refractivity (Wildman–Crippen MR) is 87.1 cm³/mol. The average molecular weight is 348 g/mol. The van der Waals surface area contributed by atoms with Crippen molar-refractivity contribution in [2.75, 3.05) is 5.32 Å². The number of aryl methyl sites for hydroxylation is 1. The zero-order chi connectivity index (χ0) is 13.9. The van der Waals surface area contributed by atoms with Gasteiger partial charge in [0.25, 0.3) is 0 Å². The lowest BCUT2D eigenvalue weighted by molar-refractivity contribution is 0.756. The molecule has 2 aromatic heterocycles. The molecule has 0 saturated carbocycles. The number of aromatic nitrogens is 2. The number of anilines is 1. The molecular formula is C15H14BrN3S. The third-order valence-electron chi connectivity index (χ3n) is 3.10. The molecule has 0 radical (unpaired) electrons. The first-order valence-corrected chi connectivity index (χ1v) is 7.94. The normalized spacial score (nSPS) is 12.3. The zero-order valence-electron chi connectivity index (χ0n) is 11.0. The molecule has 1 atom stereocenters. The summed E-state index contributed by atoms with van der Waals surface area (Å²) in [5.74, 6) is 1.01. The van der Waals surface area contributed by atoms with Crippen LogP contribution in [-0.2, 0) is 7.05 Å². The Hall–Kier alpha value is -1.59. The molecule has 3 rings (SSSR count). The highest BCUT2D eigenvalue weighted by Gasteiger charge is 2.19. The standard InChI is InChI=1S/C15H14BrN3S/c1-19-9-8-17-15(19)14(13-3-2-10-20-13)18-12-6-4-11(16)5-7-12/h2-10,14,18H,1H3. The number of hydrogen-bond donors (Lipinski definition) is 1. The second kappa shape index (κ2) is 5.81. The van der Waals surface area contributed by atoms with Crippen LogP contribution < -0.4 is 5.32 Å². The Balaban J connectivity index is 1.94. The van der Waals surface area contributed by atoms with Crippen molar-refractivity contribution in [2.24, 2.45) is 7.05 Å². The SMILES string of the molecule is Cn1ccnc1C(Nc1ccc(Br)cc1)c1cccs1. The molecule has 2 heterocycles. The Labute approximate surface area is 130 Å². The first-order chi connectivity index (χ1) is 9.74. The minimum Gasteiger partial charge on any atom is -0.371 e. The summed E-state index contributed by atoms with van der Waals surface area (Å²) in [7, 11) is 2.02. The predicted octanol–water partition coefficient (Wildman–Crippen LogP) is 4.45. The summed E-state index contributed by atoms with van der Waals surface area (Å²) in [5, 5.41) is 5.65. The van der Waals surface area contributed by atoms with Gasteiger partial charge in [0.1, 0.15) is 11.9 Å². The molecule has 0 spiro atoms. The maximum absolute atomic E-state index is 4.48. The molecule has 20 heavy (non-hydrogen) atoms. The Morgan fingerprint density at radius 2 is 2.05 bits per heavy atom. The van der Waals surface area contributed by atoms with Crippen molar-refractivity contribution in [3.63, 3.8) is 0 Å². The molecule has 0 aliphatic carbocycles. The van der Waals surface area contributed by atoms with E-state index in [-0.39, 0.29) is 6.04 Å². The van der Waals surface area contributed by atoms with Gasteiger partial charge in [0.05, 0.1) is 0 Å². The summed E-state index contributed by atoms with van der Waals surface area (Å²) in [6, 6.07) is 12.5. The quantitative estimate of drug-likeness (QED) is 0.755. The van der Waals surface area contributed by atoms with Gasteiger partial charge in [-0.25, -0.2) is 4.98 Å². The molecule has 1 aromatic carbocycles. The highest BCUT2D eigenvalue weighted by atomic mass is 79.9. The topological polar surface area (TPSA) is 29.9 Å². The number of thiophene rings is 1. The van der Waals surface area contributed by atoms with E-state index in [1.165, 1.54) is 4.88 Å². The fourth-order valence-electron chi connectivity index (χ4n) is 2.09. The van der Waals surface area contributed by atoms with Gasteiger partial charge in [-0.2, -0.15) is 0 Å². The lowest BCUT2D eigenvalue weighted by Crippen LogP contribution is -2.15. The van der Waals surface area contributed by atoms with Gasteiger partial charge in [-0.05, 0) is 35.7 Å². The zero-order valence-corrected chi connectivity index (χ0v) is 13.4. The van der Waals surface area contributed by atoms with Crippen molar-refractivity contribution in [3.05, 3.63) is 69.3 Å². The average Bonchev–Trinajstić information content (AvgIpc) is 3.10. The smallest absolute Gasteiger partial charge is 0.136 e. The van der Waals surface area contributed by atoms with Crippen molar-refractivity contribution in [2.45, 2.75) is 6.04 Å².